The summed E-state index contributed by atoms with van der Waals surface area (Å²) < 4.78 is 0. The third-order valence-electron chi connectivity index (χ3n) is 2.69. The highest BCUT2D eigenvalue weighted by Gasteiger charge is 2.14. The van der Waals surface area contributed by atoms with Crippen LogP contribution in [0.3, 0.4) is 0 Å². The van der Waals surface area contributed by atoms with Crippen molar-refractivity contribution in [2.45, 2.75) is 19.9 Å². The molecule has 17 heavy (non-hydrogen) atoms. The van der Waals surface area contributed by atoms with E-state index in [0.29, 0.717) is 25.3 Å². The molecule has 6 heteroatoms. The summed E-state index contributed by atoms with van der Waals surface area (Å²) in [6, 6.07) is 1.75. The number of nitrogens with two attached hydrogens (primary N) is 1. The molecule has 1 aliphatic rings. The van der Waals surface area contributed by atoms with Crippen LogP contribution in [0.4, 0.5) is 5.82 Å². The van der Waals surface area contributed by atoms with Gasteiger partial charge in [0, 0.05) is 37.8 Å². The first kappa shape index (κ1) is 11.8. The van der Waals surface area contributed by atoms with Crippen molar-refractivity contribution in [2.24, 2.45) is 0 Å². The predicted octanol–water partition coefficient (Wildman–Crippen LogP) is -0.311. The van der Waals surface area contributed by atoms with Gasteiger partial charge in [0.05, 0.1) is 6.54 Å². The molecule has 1 aromatic heterocycles. The Bertz CT molecular complexity index is 400. The maximum atomic E-state index is 11.2. The molecule has 92 valence electrons. The second-order valence-electron chi connectivity index (χ2n) is 4.23. The van der Waals surface area contributed by atoms with E-state index in [1.54, 1.807) is 6.07 Å². The zero-order valence-electron chi connectivity index (χ0n) is 9.94. The van der Waals surface area contributed by atoms with Crippen LogP contribution >= 0.6 is 0 Å². The molecule has 1 saturated heterocycles. The van der Waals surface area contributed by atoms with Crippen molar-refractivity contribution in [3.63, 3.8) is 0 Å². The van der Waals surface area contributed by atoms with Crippen LogP contribution in [0.25, 0.3) is 0 Å². The molecule has 0 radical (unpaired) electrons. The van der Waals surface area contributed by atoms with Crippen LogP contribution in [0.2, 0.25) is 0 Å². The molecule has 0 unspecified atom stereocenters. The van der Waals surface area contributed by atoms with E-state index in [4.69, 9.17) is 5.73 Å². The molecular weight excluding hydrogens is 218 g/mol. The van der Waals surface area contributed by atoms with Crippen LogP contribution in [0.15, 0.2) is 6.07 Å². The predicted molar refractivity (Wildman–Crippen MR) is 64.1 cm³/mol. The number of anilines is 1. The summed E-state index contributed by atoms with van der Waals surface area (Å²) in [5.74, 6) is 1.32. The lowest BCUT2D eigenvalue weighted by atomic mass is 10.3. The molecule has 1 aromatic rings. The molecule has 1 amide bonds. The van der Waals surface area contributed by atoms with Gasteiger partial charge in [-0.25, -0.2) is 9.97 Å². The van der Waals surface area contributed by atoms with Crippen LogP contribution in [0, 0.1) is 6.92 Å². The van der Waals surface area contributed by atoms with Crippen LogP contribution < -0.4 is 11.1 Å². The summed E-state index contributed by atoms with van der Waals surface area (Å²) in [5.41, 5.74) is 6.55. The Balaban J connectivity index is 2.02. The van der Waals surface area contributed by atoms with E-state index in [9.17, 15) is 4.79 Å². The normalized spacial score (nSPS) is 17.6. The molecular formula is C11H17N5O. The van der Waals surface area contributed by atoms with Gasteiger partial charge in [-0.15, -0.1) is 0 Å². The third kappa shape index (κ3) is 3.39. The molecule has 0 aliphatic carbocycles. The van der Waals surface area contributed by atoms with Crippen LogP contribution in [-0.4, -0.2) is 40.4 Å². The molecule has 6 nitrogen and oxygen atoms in total. The Labute approximate surface area is 100 Å². The van der Waals surface area contributed by atoms with Crippen molar-refractivity contribution in [2.75, 3.05) is 25.4 Å². The minimum atomic E-state index is 0.108. The van der Waals surface area contributed by atoms with Gasteiger partial charge >= 0.3 is 0 Å². The fourth-order valence-electron chi connectivity index (χ4n) is 1.90. The average Bonchev–Trinajstić information content (AvgIpc) is 2.42. The molecule has 0 aromatic carbocycles. The highest BCUT2D eigenvalue weighted by molar-refractivity contribution is 5.76. The summed E-state index contributed by atoms with van der Waals surface area (Å²) in [6.07, 6.45) is 0.529. The van der Waals surface area contributed by atoms with E-state index >= 15 is 0 Å². The summed E-state index contributed by atoms with van der Waals surface area (Å²) in [6.45, 7) is 4.78. The lowest BCUT2D eigenvalue weighted by molar-refractivity contribution is -0.120. The van der Waals surface area contributed by atoms with Gasteiger partial charge in [0.25, 0.3) is 0 Å². The first-order chi connectivity index (χ1) is 8.13. The minimum absolute atomic E-state index is 0.108. The third-order valence-corrected chi connectivity index (χ3v) is 2.69. The lowest BCUT2D eigenvalue weighted by Crippen LogP contribution is -2.29. The number of carbonyl (C=O) groups is 1. The van der Waals surface area contributed by atoms with Gasteiger partial charge in [-0.05, 0) is 6.92 Å². The van der Waals surface area contributed by atoms with Crippen molar-refractivity contribution >= 4 is 11.7 Å². The van der Waals surface area contributed by atoms with Gasteiger partial charge in [0.1, 0.15) is 11.6 Å². The van der Waals surface area contributed by atoms with Gasteiger partial charge < -0.3 is 11.1 Å². The molecule has 0 atom stereocenters. The quantitative estimate of drug-likeness (QED) is 0.734. The second-order valence-corrected chi connectivity index (χ2v) is 4.23. The SMILES string of the molecule is Cc1cc(N)nc(CN2CCNC(=O)CC2)n1. The monoisotopic (exact) mass is 235 g/mol. The molecule has 0 saturated carbocycles. The summed E-state index contributed by atoms with van der Waals surface area (Å²) >= 11 is 0. The van der Waals surface area contributed by atoms with Crippen molar-refractivity contribution in [1.29, 1.82) is 0 Å². The van der Waals surface area contributed by atoms with Gasteiger partial charge in [-0.2, -0.15) is 0 Å². The number of nitrogens with one attached hydrogen (secondary N) is 1. The first-order valence-electron chi connectivity index (χ1n) is 5.72. The fraction of sp³-hybridized carbons (Fsp3) is 0.545. The van der Waals surface area contributed by atoms with Crippen LogP contribution in [0.1, 0.15) is 17.9 Å². The molecule has 3 N–H and O–H groups in total. The number of carbonyl (C=O) groups excluding carboxylic acids is 1. The second kappa shape index (κ2) is 5.09. The van der Waals surface area contributed by atoms with E-state index < -0.39 is 0 Å². The van der Waals surface area contributed by atoms with Crippen molar-refractivity contribution in [3.05, 3.63) is 17.6 Å². The number of aryl methyl sites for hydroxylation is 1. The fourth-order valence-corrected chi connectivity index (χ4v) is 1.90. The Morgan fingerprint density at radius 2 is 2.29 bits per heavy atom. The van der Waals surface area contributed by atoms with Crippen molar-refractivity contribution < 1.29 is 4.79 Å². The van der Waals surface area contributed by atoms with Gasteiger partial charge in [-0.3, -0.25) is 9.69 Å². The highest BCUT2D eigenvalue weighted by atomic mass is 16.1. The standard InChI is InChI=1S/C11H17N5O/c1-8-6-9(12)15-10(14-8)7-16-4-2-11(17)13-3-5-16/h6H,2-5,7H2,1H3,(H,13,17)(H2,12,14,15). The number of aromatic nitrogens is 2. The number of nitrogen functional groups attached to an aromatic ring is 1. The minimum Gasteiger partial charge on any atom is -0.384 e. The number of nitrogens with zero attached hydrogens (tertiary/aromatic N) is 3. The number of amides is 1. The molecule has 2 heterocycles. The van der Waals surface area contributed by atoms with Gasteiger partial charge in [-0.1, -0.05) is 0 Å². The largest absolute Gasteiger partial charge is 0.384 e. The van der Waals surface area contributed by atoms with E-state index in [0.717, 1.165) is 24.6 Å². The highest BCUT2D eigenvalue weighted by Crippen LogP contribution is 2.06. The van der Waals surface area contributed by atoms with E-state index in [1.807, 2.05) is 6.92 Å². The Morgan fingerprint density at radius 1 is 1.47 bits per heavy atom. The molecule has 0 spiro atoms. The van der Waals surface area contributed by atoms with Crippen molar-refractivity contribution in [1.82, 2.24) is 20.2 Å². The summed E-state index contributed by atoms with van der Waals surface area (Å²) in [5, 5.41) is 2.84. The lowest BCUT2D eigenvalue weighted by Gasteiger charge is -2.17. The maximum Gasteiger partial charge on any atom is 0.221 e. The van der Waals surface area contributed by atoms with Crippen molar-refractivity contribution in [3.8, 4) is 0 Å². The molecule has 2 rings (SSSR count). The Morgan fingerprint density at radius 3 is 3.06 bits per heavy atom. The molecule has 1 fully saturated rings. The summed E-state index contributed by atoms with van der Waals surface area (Å²) in [7, 11) is 0. The number of hydrogen-bond donors (Lipinski definition) is 2. The zero-order valence-corrected chi connectivity index (χ0v) is 9.94. The Hall–Kier alpha value is -1.69. The topological polar surface area (TPSA) is 84.1 Å². The number of hydrogen-bond acceptors (Lipinski definition) is 5. The Kier molecular flexibility index (Phi) is 3.53. The molecule has 1 aliphatic heterocycles. The zero-order chi connectivity index (χ0) is 12.3. The van der Waals surface area contributed by atoms with E-state index in [-0.39, 0.29) is 5.91 Å². The first-order valence-corrected chi connectivity index (χ1v) is 5.72. The smallest absolute Gasteiger partial charge is 0.221 e. The van der Waals surface area contributed by atoms with E-state index in [2.05, 4.69) is 20.2 Å². The summed E-state index contributed by atoms with van der Waals surface area (Å²) in [4.78, 5) is 21.9. The number of rotatable bonds is 2. The van der Waals surface area contributed by atoms with Gasteiger partial charge in [0.2, 0.25) is 5.91 Å². The average molecular weight is 235 g/mol. The maximum absolute atomic E-state index is 11.2. The van der Waals surface area contributed by atoms with Crippen LogP contribution in [0.5, 0.6) is 0 Å². The van der Waals surface area contributed by atoms with Gasteiger partial charge in [0.15, 0.2) is 0 Å². The van der Waals surface area contributed by atoms with Crippen LogP contribution in [-0.2, 0) is 11.3 Å². The van der Waals surface area contributed by atoms with E-state index in [1.165, 1.54) is 0 Å². The molecule has 0 bridgehead atoms.